The van der Waals surface area contributed by atoms with E-state index in [2.05, 4.69) is 37.7 Å². The number of carbonyl (C=O) groups is 1. The van der Waals surface area contributed by atoms with Crippen molar-refractivity contribution >= 4 is 5.97 Å². The second kappa shape index (κ2) is 9.33. The lowest BCUT2D eigenvalue weighted by atomic mass is 9.57. The molecular weight excluding hydrogens is 328 g/mol. The molecule has 0 aliphatic heterocycles. The molecule has 2 aliphatic carbocycles. The van der Waals surface area contributed by atoms with Crippen molar-refractivity contribution in [2.24, 2.45) is 29.6 Å². The summed E-state index contributed by atoms with van der Waals surface area (Å²) < 4.78 is 4.63. The van der Waals surface area contributed by atoms with Gasteiger partial charge in [-0.05, 0) is 44.4 Å². The SMILES string of the molecule is COC(=O)/C=C/C=C/[C@@H]1[C@@H]2[C@@H](C=C(C)[C@@H]1/C(C)=C/CO)[C@H](O)CC[C@H]2C. The minimum Gasteiger partial charge on any atom is -0.466 e. The number of ether oxygens (including phenoxy) is 1. The Morgan fingerprint density at radius 2 is 2.08 bits per heavy atom. The Morgan fingerprint density at radius 3 is 2.73 bits per heavy atom. The predicted molar refractivity (Wildman–Crippen MR) is 103 cm³/mol. The number of carbonyl (C=O) groups excluding carboxylic acids is 1. The van der Waals surface area contributed by atoms with Gasteiger partial charge in [0.2, 0.25) is 0 Å². The van der Waals surface area contributed by atoms with Gasteiger partial charge in [0.1, 0.15) is 0 Å². The molecule has 0 radical (unpaired) electrons. The molecule has 6 atom stereocenters. The van der Waals surface area contributed by atoms with E-state index in [0.717, 1.165) is 18.4 Å². The molecule has 2 aliphatic rings. The molecular formula is C22H32O4. The Bertz CT molecular complexity index is 614. The van der Waals surface area contributed by atoms with Crippen molar-refractivity contribution in [2.45, 2.75) is 39.7 Å². The van der Waals surface area contributed by atoms with Gasteiger partial charge in [-0.25, -0.2) is 4.79 Å². The van der Waals surface area contributed by atoms with E-state index in [1.165, 1.54) is 18.8 Å². The lowest BCUT2D eigenvalue weighted by Gasteiger charge is -2.48. The van der Waals surface area contributed by atoms with Crippen LogP contribution in [0.1, 0.15) is 33.6 Å². The fourth-order valence-electron chi connectivity index (χ4n) is 4.81. The van der Waals surface area contributed by atoms with Crippen molar-refractivity contribution in [1.82, 2.24) is 0 Å². The third-order valence-corrected chi connectivity index (χ3v) is 6.02. The number of fused-ring (bicyclic) bond motifs is 1. The molecule has 0 amide bonds. The molecule has 0 aromatic heterocycles. The summed E-state index contributed by atoms with van der Waals surface area (Å²) in [6, 6.07) is 0. The molecule has 1 saturated carbocycles. The minimum absolute atomic E-state index is 0.0283. The summed E-state index contributed by atoms with van der Waals surface area (Å²) in [5.74, 6) is 1.07. The summed E-state index contributed by atoms with van der Waals surface area (Å²) in [7, 11) is 1.36. The Hall–Kier alpha value is -1.65. The van der Waals surface area contributed by atoms with E-state index < -0.39 is 0 Å². The van der Waals surface area contributed by atoms with Gasteiger partial charge >= 0.3 is 5.97 Å². The monoisotopic (exact) mass is 360 g/mol. The molecule has 26 heavy (non-hydrogen) atoms. The van der Waals surface area contributed by atoms with E-state index >= 15 is 0 Å². The van der Waals surface area contributed by atoms with Crippen LogP contribution in [0.15, 0.2) is 47.6 Å². The zero-order chi connectivity index (χ0) is 19.3. The third kappa shape index (κ3) is 4.54. The fraction of sp³-hybridized carbons (Fsp3) is 0.591. The summed E-state index contributed by atoms with van der Waals surface area (Å²) in [5.41, 5.74) is 2.40. The van der Waals surface area contributed by atoms with Gasteiger partial charge in [0.15, 0.2) is 0 Å². The average molecular weight is 360 g/mol. The maximum atomic E-state index is 11.3. The number of hydrogen-bond donors (Lipinski definition) is 2. The molecule has 0 unspecified atom stereocenters. The van der Waals surface area contributed by atoms with Crippen molar-refractivity contribution in [3.63, 3.8) is 0 Å². The van der Waals surface area contributed by atoms with Crippen LogP contribution in [-0.4, -0.2) is 36.0 Å². The summed E-state index contributed by atoms with van der Waals surface area (Å²) >= 11 is 0. The molecule has 4 nitrogen and oxygen atoms in total. The Balaban J connectivity index is 2.39. The van der Waals surface area contributed by atoms with Crippen LogP contribution in [0.2, 0.25) is 0 Å². The first kappa shape index (κ1) is 20.7. The van der Waals surface area contributed by atoms with E-state index in [-0.39, 0.29) is 36.4 Å². The summed E-state index contributed by atoms with van der Waals surface area (Å²) in [6.07, 6.45) is 12.9. The van der Waals surface area contributed by atoms with Gasteiger partial charge in [-0.2, -0.15) is 0 Å². The molecule has 4 heteroatoms. The second-order valence-corrected chi connectivity index (χ2v) is 7.64. The number of rotatable bonds is 5. The standard InChI is InChI=1S/C22H32O4/c1-14-9-10-19(24)18-13-16(3)21(15(2)11-12-23)17(22(14)18)7-5-6-8-20(25)26-4/h5-8,11,13-14,17-19,21-24H,9-10,12H2,1-4H3/b7-5+,8-6+,15-11+/t14-,17+,18+,19-,21+,22-/m1/s1. The van der Waals surface area contributed by atoms with Crippen LogP contribution in [0, 0.1) is 29.6 Å². The molecule has 0 aromatic carbocycles. The molecule has 0 bridgehead atoms. The second-order valence-electron chi connectivity index (χ2n) is 7.64. The summed E-state index contributed by atoms with van der Waals surface area (Å²) in [4.78, 5) is 11.3. The topological polar surface area (TPSA) is 66.8 Å². The van der Waals surface area contributed by atoms with Crippen LogP contribution in [-0.2, 0) is 9.53 Å². The van der Waals surface area contributed by atoms with Gasteiger partial charge in [0.25, 0.3) is 0 Å². The zero-order valence-corrected chi connectivity index (χ0v) is 16.3. The van der Waals surface area contributed by atoms with Crippen LogP contribution >= 0.6 is 0 Å². The number of aliphatic hydroxyl groups is 2. The van der Waals surface area contributed by atoms with Gasteiger partial charge in [0.05, 0.1) is 19.8 Å². The van der Waals surface area contributed by atoms with E-state index in [9.17, 15) is 15.0 Å². The zero-order valence-electron chi connectivity index (χ0n) is 16.3. The number of methoxy groups -OCH3 is 1. The predicted octanol–water partition coefficient (Wildman–Crippen LogP) is 3.43. The molecule has 2 N–H and O–H groups in total. The van der Waals surface area contributed by atoms with Crippen molar-refractivity contribution in [3.05, 3.63) is 47.6 Å². The van der Waals surface area contributed by atoms with Crippen LogP contribution in [0.5, 0.6) is 0 Å². The Labute approximate surface area is 156 Å². The van der Waals surface area contributed by atoms with Crippen molar-refractivity contribution in [2.75, 3.05) is 13.7 Å². The summed E-state index contributed by atoms with van der Waals surface area (Å²) in [5, 5.41) is 19.9. The maximum Gasteiger partial charge on any atom is 0.330 e. The van der Waals surface area contributed by atoms with Crippen molar-refractivity contribution < 1.29 is 19.7 Å². The van der Waals surface area contributed by atoms with Crippen LogP contribution in [0.25, 0.3) is 0 Å². The number of hydrogen-bond acceptors (Lipinski definition) is 4. The average Bonchev–Trinajstić information content (AvgIpc) is 2.61. The smallest absolute Gasteiger partial charge is 0.330 e. The van der Waals surface area contributed by atoms with Crippen molar-refractivity contribution in [3.8, 4) is 0 Å². The number of allylic oxidation sites excluding steroid dienone is 5. The van der Waals surface area contributed by atoms with E-state index in [1.807, 2.05) is 12.2 Å². The highest BCUT2D eigenvalue weighted by Crippen LogP contribution is 2.50. The normalized spacial score (nSPS) is 35.5. The van der Waals surface area contributed by atoms with E-state index in [1.54, 1.807) is 6.08 Å². The molecule has 0 aromatic rings. The van der Waals surface area contributed by atoms with E-state index in [4.69, 9.17) is 0 Å². The molecule has 144 valence electrons. The highest BCUT2D eigenvalue weighted by molar-refractivity contribution is 5.82. The highest BCUT2D eigenvalue weighted by atomic mass is 16.5. The Morgan fingerprint density at radius 1 is 1.35 bits per heavy atom. The van der Waals surface area contributed by atoms with Crippen LogP contribution in [0.3, 0.4) is 0 Å². The van der Waals surface area contributed by atoms with E-state index in [0.29, 0.717) is 11.8 Å². The lowest BCUT2D eigenvalue weighted by molar-refractivity contribution is -0.134. The minimum atomic E-state index is -0.374. The van der Waals surface area contributed by atoms with Crippen LogP contribution in [0.4, 0.5) is 0 Å². The summed E-state index contributed by atoms with van der Waals surface area (Å²) in [6.45, 7) is 6.48. The largest absolute Gasteiger partial charge is 0.466 e. The fourth-order valence-corrected chi connectivity index (χ4v) is 4.81. The Kier molecular flexibility index (Phi) is 7.42. The van der Waals surface area contributed by atoms with Crippen molar-refractivity contribution in [1.29, 1.82) is 0 Å². The molecule has 0 spiro atoms. The quantitative estimate of drug-likeness (QED) is 0.341. The molecule has 0 saturated heterocycles. The van der Waals surface area contributed by atoms with Gasteiger partial charge in [-0.3, -0.25) is 0 Å². The van der Waals surface area contributed by atoms with Crippen LogP contribution < -0.4 is 0 Å². The van der Waals surface area contributed by atoms with Gasteiger partial charge in [-0.15, -0.1) is 0 Å². The maximum absolute atomic E-state index is 11.3. The third-order valence-electron chi connectivity index (χ3n) is 6.02. The first-order chi connectivity index (χ1) is 12.4. The molecule has 0 heterocycles. The van der Waals surface area contributed by atoms with Gasteiger partial charge in [-0.1, -0.05) is 48.5 Å². The number of aliphatic hydroxyl groups excluding tert-OH is 2. The first-order valence-electron chi connectivity index (χ1n) is 9.47. The number of esters is 1. The van der Waals surface area contributed by atoms with Gasteiger partial charge < -0.3 is 14.9 Å². The molecule has 2 rings (SSSR count). The molecule has 1 fully saturated rings. The highest BCUT2D eigenvalue weighted by Gasteiger charge is 2.45. The lowest BCUT2D eigenvalue weighted by Crippen LogP contribution is -2.45. The van der Waals surface area contributed by atoms with Gasteiger partial charge in [0, 0.05) is 17.9 Å². The first-order valence-corrected chi connectivity index (χ1v) is 9.47.